The third kappa shape index (κ3) is 5.10. The van der Waals surface area contributed by atoms with Gasteiger partial charge in [-0.25, -0.2) is 0 Å². The van der Waals surface area contributed by atoms with E-state index in [-0.39, 0.29) is 17.9 Å². The largest absolute Gasteiger partial charge is 0.356 e. The van der Waals surface area contributed by atoms with E-state index in [1.165, 1.54) is 0 Å². The Kier molecular flexibility index (Phi) is 6.16. The summed E-state index contributed by atoms with van der Waals surface area (Å²) in [6.45, 7) is 5.23. The number of amides is 2. The third-order valence-electron chi connectivity index (χ3n) is 4.69. The number of carbonyl (C=O) groups excluding carboxylic acids is 2. The monoisotopic (exact) mass is 388 g/mol. The summed E-state index contributed by atoms with van der Waals surface area (Å²) >= 11 is 5.96. The molecule has 144 valence electrons. The van der Waals surface area contributed by atoms with Gasteiger partial charge in [-0.1, -0.05) is 23.7 Å². The molecule has 0 aliphatic carbocycles. The van der Waals surface area contributed by atoms with Gasteiger partial charge >= 0.3 is 0 Å². The Balaban J connectivity index is 1.56. The quantitative estimate of drug-likeness (QED) is 0.798. The Labute approximate surface area is 164 Å². The molecular weight excluding hydrogens is 364 g/mol. The highest BCUT2D eigenvalue weighted by atomic mass is 35.5. The standard InChI is InChI=1S/C20H25ClN4O2/c1-13(2)24-20(27)17-12-23-25-7-6-15(9-18(17)25)11-22-19(26)10-14-4-3-5-16(21)8-14/h3-5,8,12-13,15H,6-7,9-11H2,1-2H3,(H,22,26)(H,24,27). The fourth-order valence-electron chi connectivity index (χ4n) is 3.36. The number of rotatable bonds is 6. The summed E-state index contributed by atoms with van der Waals surface area (Å²) in [7, 11) is 0. The Morgan fingerprint density at radius 1 is 1.37 bits per heavy atom. The van der Waals surface area contributed by atoms with Gasteiger partial charge in [0.25, 0.3) is 5.91 Å². The molecule has 1 aromatic carbocycles. The Bertz CT molecular complexity index is 831. The van der Waals surface area contributed by atoms with Crippen molar-refractivity contribution >= 4 is 23.4 Å². The summed E-state index contributed by atoms with van der Waals surface area (Å²) in [4.78, 5) is 24.6. The number of halogens is 1. The van der Waals surface area contributed by atoms with Gasteiger partial charge in [-0.05, 0) is 50.3 Å². The first-order chi connectivity index (χ1) is 12.9. The third-order valence-corrected chi connectivity index (χ3v) is 4.92. The van der Waals surface area contributed by atoms with Crippen LogP contribution in [-0.2, 0) is 24.2 Å². The highest BCUT2D eigenvalue weighted by Gasteiger charge is 2.25. The van der Waals surface area contributed by atoms with Crippen molar-refractivity contribution in [2.24, 2.45) is 5.92 Å². The molecule has 0 fully saturated rings. The van der Waals surface area contributed by atoms with Gasteiger partial charge in [-0.2, -0.15) is 5.10 Å². The van der Waals surface area contributed by atoms with Crippen LogP contribution in [0.5, 0.6) is 0 Å². The number of carbonyl (C=O) groups is 2. The average Bonchev–Trinajstić information content (AvgIpc) is 3.02. The van der Waals surface area contributed by atoms with Gasteiger partial charge in [-0.15, -0.1) is 0 Å². The minimum atomic E-state index is -0.0862. The highest BCUT2D eigenvalue weighted by molar-refractivity contribution is 6.30. The Morgan fingerprint density at radius 2 is 2.19 bits per heavy atom. The number of hydrogen-bond acceptors (Lipinski definition) is 3. The molecule has 0 spiro atoms. The maximum Gasteiger partial charge on any atom is 0.254 e. The van der Waals surface area contributed by atoms with Crippen molar-refractivity contribution in [1.82, 2.24) is 20.4 Å². The van der Waals surface area contributed by atoms with Crippen LogP contribution in [0.1, 0.15) is 41.9 Å². The second-order valence-corrected chi connectivity index (χ2v) is 7.76. The summed E-state index contributed by atoms with van der Waals surface area (Å²) in [6, 6.07) is 7.42. The number of fused-ring (bicyclic) bond motifs is 1. The molecule has 1 unspecified atom stereocenters. The molecule has 2 heterocycles. The van der Waals surface area contributed by atoms with Crippen molar-refractivity contribution in [1.29, 1.82) is 0 Å². The van der Waals surface area contributed by atoms with Crippen LogP contribution in [0.3, 0.4) is 0 Å². The predicted octanol–water partition coefficient (Wildman–Crippen LogP) is 2.60. The molecule has 27 heavy (non-hydrogen) atoms. The lowest BCUT2D eigenvalue weighted by Gasteiger charge is -2.24. The second-order valence-electron chi connectivity index (χ2n) is 7.33. The minimum absolute atomic E-state index is 0.0193. The van der Waals surface area contributed by atoms with Crippen LogP contribution in [0.15, 0.2) is 30.5 Å². The second kappa shape index (κ2) is 8.57. The Morgan fingerprint density at radius 3 is 2.93 bits per heavy atom. The van der Waals surface area contributed by atoms with Crippen LogP contribution in [-0.4, -0.2) is 34.2 Å². The lowest BCUT2D eigenvalue weighted by Crippen LogP contribution is -2.35. The van der Waals surface area contributed by atoms with Crippen molar-refractivity contribution in [2.75, 3.05) is 6.54 Å². The molecular formula is C20H25ClN4O2. The summed E-state index contributed by atoms with van der Waals surface area (Å²) in [5, 5.41) is 10.9. The first-order valence-corrected chi connectivity index (χ1v) is 9.67. The van der Waals surface area contributed by atoms with Crippen molar-refractivity contribution in [3.05, 3.63) is 52.3 Å². The molecule has 0 saturated heterocycles. The number of nitrogens with zero attached hydrogens (tertiary/aromatic N) is 2. The van der Waals surface area contributed by atoms with Crippen LogP contribution in [0, 0.1) is 5.92 Å². The van der Waals surface area contributed by atoms with E-state index >= 15 is 0 Å². The first kappa shape index (κ1) is 19.4. The summed E-state index contributed by atoms with van der Waals surface area (Å²) in [5.74, 6) is 0.189. The molecule has 1 atom stereocenters. The normalized spacial score (nSPS) is 16.1. The van der Waals surface area contributed by atoms with Gasteiger partial charge in [0.05, 0.1) is 23.9 Å². The van der Waals surface area contributed by atoms with E-state index in [1.54, 1.807) is 18.3 Å². The van der Waals surface area contributed by atoms with Gasteiger partial charge in [0, 0.05) is 24.2 Å². The lowest BCUT2D eigenvalue weighted by atomic mass is 9.94. The van der Waals surface area contributed by atoms with Crippen molar-refractivity contribution in [2.45, 2.75) is 45.7 Å². The van der Waals surface area contributed by atoms with E-state index in [2.05, 4.69) is 15.7 Å². The zero-order valence-electron chi connectivity index (χ0n) is 15.7. The van der Waals surface area contributed by atoms with Gasteiger partial charge in [-0.3, -0.25) is 14.3 Å². The van der Waals surface area contributed by atoms with Gasteiger partial charge < -0.3 is 10.6 Å². The molecule has 2 aromatic rings. The molecule has 6 nitrogen and oxygen atoms in total. The highest BCUT2D eigenvalue weighted by Crippen LogP contribution is 2.23. The Hall–Kier alpha value is -2.34. The van der Waals surface area contributed by atoms with E-state index < -0.39 is 0 Å². The molecule has 1 aromatic heterocycles. The molecule has 2 N–H and O–H groups in total. The first-order valence-electron chi connectivity index (χ1n) is 9.29. The molecule has 1 aliphatic rings. The molecule has 3 rings (SSSR count). The molecule has 1 aliphatic heterocycles. The van der Waals surface area contributed by atoms with Crippen LogP contribution in [0.2, 0.25) is 5.02 Å². The molecule has 7 heteroatoms. The number of benzene rings is 1. The maximum atomic E-state index is 12.3. The van der Waals surface area contributed by atoms with Crippen molar-refractivity contribution in [3.63, 3.8) is 0 Å². The fraction of sp³-hybridized carbons (Fsp3) is 0.450. The zero-order chi connectivity index (χ0) is 19.4. The maximum absolute atomic E-state index is 12.3. The minimum Gasteiger partial charge on any atom is -0.356 e. The van der Waals surface area contributed by atoms with Gasteiger partial charge in [0.2, 0.25) is 5.91 Å². The topological polar surface area (TPSA) is 76.0 Å². The van der Waals surface area contributed by atoms with Gasteiger partial charge in [0.15, 0.2) is 0 Å². The predicted molar refractivity (Wildman–Crippen MR) is 105 cm³/mol. The van der Waals surface area contributed by atoms with Crippen LogP contribution < -0.4 is 10.6 Å². The van der Waals surface area contributed by atoms with Crippen LogP contribution in [0.25, 0.3) is 0 Å². The molecule has 0 bridgehead atoms. The van der Waals surface area contributed by atoms with Crippen LogP contribution >= 0.6 is 11.6 Å². The van der Waals surface area contributed by atoms with Crippen LogP contribution in [0.4, 0.5) is 0 Å². The van der Waals surface area contributed by atoms with E-state index in [0.29, 0.717) is 29.5 Å². The van der Waals surface area contributed by atoms with E-state index in [0.717, 1.165) is 30.6 Å². The molecule has 0 saturated carbocycles. The smallest absolute Gasteiger partial charge is 0.254 e. The van der Waals surface area contributed by atoms with E-state index in [4.69, 9.17) is 11.6 Å². The number of aromatic nitrogens is 2. The summed E-state index contributed by atoms with van der Waals surface area (Å²) in [6.07, 6.45) is 3.62. The summed E-state index contributed by atoms with van der Waals surface area (Å²) in [5.41, 5.74) is 2.49. The van der Waals surface area contributed by atoms with Crippen molar-refractivity contribution in [3.8, 4) is 0 Å². The number of aryl methyl sites for hydroxylation is 1. The van der Waals surface area contributed by atoms with Crippen molar-refractivity contribution < 1.29 is 9.59 Å². The van der Waals surface area contributed by atoms with E-state index in [9.17, 15) is 9.59 Å². The molecule has 0 radical (unpaired) electrons. The average molecular weight is 389 g/mol. The summed E-state index contributed by atoms with van der Waals surface area (Å²) < 4.78 is 1.90. The SMILES string of the molecule is CC(C)NC(=O)c1cnn2c1CC(CNC(=O)Cc1cccc(Cl)c1)CC2. The molecule has 2 amide bonds. The number of nitrogens with one attached hydrogen (secondary N) is 2. The number of hydrogen-bond donors (Lipinski definition) is 2. The van der Waals surface area contributed by atoms with E-state index in [1.807, 2.05) is 30.7 Å². The zero-order valence-corrected chi connectivity index (χ0v) is 16.4. The van der Waals surface area contributed by atoms with Gasteiger partial charge in [0.1, 0.15) is 0 Å². The fourth-order valence-corrected chi connectivity index (χ4v) is 3.57. The lowest BCUT2D eigenvalue weighted by molar-refractivity contribution is -0.120.